The zero-order valence-electron chi connectivity index (χ0n) is 20.3. The normalized spacial score (nSPS) is 44.8. The first kappa shape index (κ1) is 21.7. The van der Waals surface area contributed by atoms with Crippen LogP contribution < -0.4 is 0 Å². The van der Waals surface area contributed by atoms with E-state index in [1.54, 1.807) is 23.3 Å². The van der Waals surface area contributed by atoms with Crippen LogP contribution in [-0.2, 0) is 11.3 Å². The van der Waals surface area contributed by atoms with Crippen molar-refractivity contribution in [2.24, 2.45) is 40.4 Å². The lowest BCUT2D eigenvalue weighted by molar-refractivity contribution is -0.151. The number of Topliss-reactive ketones (excluding diaryl/α,β-unsaturated/α-hetero) is 1. The standard InChI is InChI=1S/C27H38N4O2/c1-25(33)10-11-26(2)17(14-25)4-5-18-19-6-7-21(27(19,3)9-8-20(18)26)23(32)16-31-24-22(15-30-31)28-12-13-29-24/h12-13,15,17-21,33H,4-11,14,16H2,1-3H3/t17?,18?,19?,20?,21?,25-,26?,27?/m1/s1. The number of aliphatic hydroxyl groups is 1. The van der Waals surface area contributed by atoms with E-state index >= 15 is 0 Å². The molecule has 4 fully saturated rings. The van der Waals surface area contributed by atoms with Gasteiger partial charge >= 0.3 is 0 Å². The van der Waals surface area contributed by atoms with Crippen molar-refractivity contribution in [2.45, 2.75) is 90.7 Å². The largest absolute Gasteiger partial charge is 0.390 e. The zero-order chi connectivity index (χ0) is 23.0. The van der Waals surface area contributed by atoms with E-state index in [1.807, 2.05) is 6.92 Å². The van der Waals surface area contributed by atoms with Gasteiger partial charge in [0.2, 0.25) is 0 Å². The molecule has 4 saturated carbocycles. The Morgan fingerprint density at radius 2 is 1.79 bits per heavy atom. The fourth-order valence-electron chi connectivity index (χ4n) is 9.14. The fraction of sp³-hybridized carbons (Fsp3) is 0.778. The van der Waals surface area contributed by atoms with E-state index < -0.39 is 5.60 Å². The number of fused-ring (bicyclic) bond motifs is 6. The molecule has 8 atom stereocenters. The minimum atomic E-state index is -0.480. The van der Waals surface area contributed by atoms with Gasteiger partial charge in [-0.2, -0.15) is 5.10 Å². The highest BCUT2D eigenvalue weighted by Crippen LogP contribution is 2.68. The molecule has 6 rings (SSSR count). The second kappa shape index (κ2) is 7.34. The van der Waals surface area contributed by atoms with Crippen molar-refractivity contribution >= 4 is 16.9 Å². The lowest BCUT2D eigenvalue weighted by Crippen LogP contribution is -2.55. The highest BCUT2D eigenvalue weighted by atomic mass is 16.3. The molecular weight excluding hydrogens is 412 g/mol. The zero-order valence-corrected chi connectivity index (χ0v) is 20.3. The number of ketones is 1. The minimum Gasteiger partial charge on any atom is -0.390 e. The predicted octanol–water partition coefficient (Wildman–Crippen LogP) is 4.81. The molecule has 6 heteroatoms. The minimum absolute atomic E-state index is 0.107. The summed E-state index contributed by atoms with van der Waals surface area (Å²) >= 11 is 0. The molecule has 0 saturated heterocycles. The first-order chi connectivity index (χ1) is 15.7. The first-order valence-electron chi connectivity index (χ1n) is 13.1. The molecule has 0 spiro atoms. The third-order valence-electron chi connectivity index (χ3n) is 10.9. The van der Waals surface area contributed by atoms with Gasteiger partial charge in [0.25, 0.3) is 0 Å². The van der Waals surface area contributed by atoms with Gasteiger partial charge in [0.1, 0.15) is 12.1 Å². The third-order valence-corrected chi connectivity index (χ3v) is 10.9. The summed E-state index contributed by atoms with van der Waals surface area (Å²) in [4.78, 5) is 22.3. The molecule has 33 heavy (non-hydrogen) atoms. The van der Waals surface area contributed by atoms with Crippen LogP contribution in [0.5, 0.6) is 0 Å². The molecule has 1 N–H and O–H groups in total. The van der Waals surface area contributed by atoms with Gasteiger partial charge in [0, 0.05) is 18.3 Å². The molecule has 0 aromatic carbocycles. The summed E-state index contributed by atoms with van der Waals surface area (Å²) in [6.07, 6.45) is 15.2. The highest BCUT2D eigenvalue weighted by molar-refractivity contribution is 5.83. The maximum absolute atomic E-state index is 13.6. The van der Waals surface area contributed by atoms with E-state index in [0.717, 1.165) is 49.5 Å². The van der Waals surface area contributed by atoms with Crippen LogP contribution in [0.2, 0.25) is 0 Å². The molecule has 2 heterocycles. The number of nitrogens with zero attached hydrogens (tertiary/aromatic N) is 4. The summed E-state index contributed by atoms with van der Waals surface area (Å²) in [5, 5.41) is 15.1. The van der Waals surface area contributed by atoms with Crippen molar-refractivity contribution < 1.29 is 9.90 Å². The molecule has 7 unspecified atom stereocenters. The second-order valence-corrected chi connectivity index (χ2v) is 12.6. The average Bonchev–Trinajstić information content (AvgIpc) is 3.35. The number of rotatable bonds is 3. The predicted molar refractivity (Wildman–Crippen MR) is 126 cm³/mol. The van der Waals surface area contributed by atoms with Crippen LogP contribution in [0.4, 0.5) is 0 Å². The number of hydrogen-bond donors (Lipinski definition) is 1. The SMILES string of the molecule is CC12CC[C@@](C)(O)CC1CCC1C2CCC2(C)C(C(=O)Cn3ncc4nccnc43)CCC12. The summed E-state index contributed by atoms with van der Waals surface area (Å²) < 4.78 is 1.74. The molecular formula is C27H38N4O2. The topological polar surface area (TPSA) is 80.9 Å². The van der Waals surface area contributed by atoms with Gasteiger partial charge in [0.05, 0.1) is 11.8 Å². The molecule has 0 bridgehead atoms. The lowest BCUT2D eigenvalue weighted by Gasteiger charge is -2.61. The van der Waals surface area contributed by atoms with Gasteiger partial charge in [-0.15, -0.1) is 0 Å². The number of carbonyl (C=O) groups is 1. The fourth-order valence-corrected chi connectivity index (χ4v) is 9.14. The van der Waals surface area contributed by atoms with Crippen molar-refractivity contribution in [2.75, 3.05) is 0 Å². The van der Waals surface area contributed by atoms with E-state index in [2.05, 4.69) is 28.9 Å². The summed E-state index contributed by atoms with van der Waals surface area (Å²) in [5.41, 5.74) is 1.44. The Balaban J connectivity index is 1.22. The van der Waals surface area contributed by atoms with Crippen molar-refractivity contribution in [3.05, 3.63) is 18.6 Å². The average molecular weight is 451 g/mol. The van der Waals surface area contributed by atoms with E-state index in [9.17, 15) is 9.90 Å². The molecule has 178 valence electrons. The van der Waals surface area contributed by atoms with Crippen LogP contribution in [0.3, 0.4) is 0 Å². The molecule has 0 aliphatic heterocycles. The molecule has 0 radical (unpaired) electrons. The Kier molecular flexibility index (Phi) is 4.82. The Labute approximate surface area is 196 Å². The van der Waals surface area contributed by atoms with Gasteiger partial charge in [-0.1, -0.05) is 13.8 Å². The summed E-state index contributed by atoms with van der Waals surface area (Å²) in [6, 6.07) is 0. The Bertz CT molecular complexity index is 1080. The third kappa shape index (κ3) is 3.23. The second-order valence-electron chi connectivity index (χ2n) is 12.6. The van der Waals surface area contributed by atoms with Crippen molar-refractivity contribution in [3.8, 4) is 0 Å². The number of carbonyl (C=O) groups excluding carboxylic acids is 1. The van der Waals surface area contributed by atoms with Gasteiger partial charge in [0.15, 0.2) is 11.4 Å². The van der Waals surface area contributed by atoms with E-state index in [1.165, 1.54) is 25.7 Å². The molecule has 4 aliphatic carbocycles. The van der Waals surface area contributed by atoms with Crippen LogP contribution in [-0.4, -0.2) is 36.2 Å². The number of hydrogen-bond acceptors (Lipinski definition) is 5. The van der Waals surface area contributed by atoms with Crippen LogP contribution in [0, 0.1) is 40.4 Å². The smallest absolute Gasteiger partial charge is 0.177 e. The first-order valence-corrected chi connectivity index (χ1v) is 13.1. The molecule has 0 amide bonds. The number of aromatic nitrogens is 4. The molecule has 4 aliphatic rings. The summed E-state index contributed by atoms with van der Waals surface area (Å²) in [6.45, 7) is 7.30. The Morgan fingerprint density at radius 3 is 2.64 bits per heavy atom. The summed E-state index contributed by atoms with van der Waals surface area (Å²) in [7, 11) is 0. The maximum Gasteiger partial charge on any atom is 0.177 e. The van der Waals surface area contributed by atoms with Crippen molar-refractivity contribution in [1.82, 2.24) is 19.7 Å². The molecule has 6 nitrogen and oxygen atoms in total. The quantitative estimate of drug-likeness (QED) is 0.726. The Morgan fingerprint density at radius 1 is 1.00 bits per heavy atom. The van der Waals surface area contributed by atoms with Crippen LogP contribution in [0.15, 0.2) is 18.6 Å². The highest BCUT2D eigenvalue weighted by Gasteiger charge is 2.61. The van der Waals surface area contributed by atoms with Crippen LogP contribution in [0.25, 0.3) is 11.2 Å². The monoisotopic (exact) mass is 450 g/mol. The van der Waals surface area contributed by atoms with Crippen LogP contribution >= 0.6 is 0 Å². The Hall–Kier alpha value is -1.82. The summed E-state index contributed by atoms with van der Waals surface area (Å²) in [5.74, 6) is 3.24. The lowest BCUT2D eigenvalue weighted by atomic mass is 9.44. The van der Waals surface area contributed by atoms with E-state index in [0.29, 0.717) is 35.2 Å². The molecule has 2 aromatic rings. The van der Waals surface area contributed by atoms with Crippen LogP contribution in [0.1, 0.15) is 78.6 Å². The van der Waals surface area contributed by atoms with Gasteiger partial charge in [-0.05, 0) is 99.2 Å². The van der Waals surface area contributed by atoms with Gasteiger partial charge < -0.3 is 5.11 Å². The van der Waals surface area contributed by atoms with Crippen molar-refractivity contribution in [1.29, 1.82) is 0 Å². The maximum atomic E-state index is 13.6. The van der Waals surface area contributed by atoms with Crippen molar-refractivity contribution in [3.63, 3.8) is 0 Å². The molecule has 2 aromatic heterocycles. The van der Waals surface area contributed by atoms with Gasteiger partial charge in [-0.3, -0.25) is 4.79 Å². The van der Waals surface area contributed by atoms with Gasteiger partial charge in [-0.25, -0.2) is 14.6 Å². The van der Waals surface area contributed by atoms with E-state index in [-0.39, 0.29) is 11.3 Å². The van der Waals surface area contributed by atoms with E-state index in [4.69, 9.17) is 0 Å².